The zero-order chi connectivity index (χ0) is 21.5. The average Bonchev–Trinajstić information content (AvgIpc) is 2.67. The van der Waals surface area contributed by atoms with Gasteiger partial charge in [-0.05, 0) is 60.1 Å². The summed E-state index contributed by atoms with van der Waals surface area (Å²) in [4.78, 5) is 25.0. The molecule has 1 aliphatic carbocycles. The molecule has 1 aliphatic rings. The van der Waals surface area contributed by atoms with Crippen LogP contribution in [0.5, 0.6) is 0 Å². The predicted octanol–water partition coefficient (Wildman–Crippen LogP) is 6.91. The zero-order valence-corrected chi connectivity index (χ0v) is 18.8. The Hall–Kier alpha value is -2.22. The first kappa shape index (κ1) is 23.1. The van der Waals surface area contributed by atoms with Crippen LogP contribution in [-0.2, 0) is 15.0 Å². The molecule has 2 nitrogen and oxygen atoms in total. The third kappa shape index (κ3) is 7.27. The molecule has 156 valence electrons. The lowest BCUT2D eigenvalue weighted by Gasteiger charge is -2.29. The molecule has 0 spiro atoms. The van der Waals surface area contributed by atoms with E-state index in [4.69, 9.17) is 0 Å². The van der Waals surface area contributed by atoms with Gasteiger partial charge < -0.3 is 0 Å². The minimum atomic E-state index is -0.189. The van der Waals surface area contributed by atoms with Gasteiger partial charge in [-0.25, -0.2) is 0 Å². The molecule has 0 saturated heterocycles. The van der Waals surface area contributed by atoms with Crippen molar-refractivity contribution in [3.63, 3.8) is 0 Å². The van der Waals surface area contributed by atoms with Crippen LogP contribution >= 0.6 is 0 Å². The Morgan fingerprint density at radius 3 is 2.48 bits per heavy atom. The van der Waals surface area contributed by atoms with Crippen molar-refractivity contribution in [2.75, 3.05) is 0 Å². The van der Waals surface area contributed by atoms with Crippen LogP contribution in [0.15, 0.2) is 65.8 Å². The Labute approximate surface area is 176 Å². The summed E-state index contributed by atoms with van der Waals surface area (Å²) in [5.41, 5.74) is 2.98. The highest BCUT2D eigenvalue weighted by atomic mass is 16.1. The molecule has 2 heteroatoms. The number of carbonyl (C=O) groups excluding carboxylic acids is 2. The Morgan fingerprint density at radius 1 is 1.14 bits per heavy atom. The molecule has 0 atom stereocenters. The fraction of sp³-hybridized carbons (Fsp3) is 0.481. The van der Waals surface area contributed by atoms with Crippen LogP contribution in [0.1, 0.15) is 78.7 Å². The molecule has 0 aromatic heterocycles. The number of ketones is 2. The molecule has 0 bridgehead atoms. The Balaban J connectivity index is 1.83. The fourth-order valence-corrected chi connectivity index (χ4v) is 3.83. The number of hydrogen-bond acceptors (Lipinski definition) is 2. The molecule has 0 radical (unpaired) electrons. The number of carbonyl (C=O) groups is 2. The summed E-state index contributed by atoms with van der Waals surface area (Å²) in [6, 6.07) is 10.2. The largest absolute Gasteiger partial charge is 0.295 e. The zero-order valence-electron chi connectivity index (χ0n) is 18.8. The van der Waals surface area contributed by atoms with E-state index in [1.54, 1.807) is 0 Å². The molecule has 0 N–H and O–H groups in total. The summed E-state index contributed by atoms with van der Waals surface area (Å²) in [6.45, 7) is 10.5. The molecule has 2 rings (SSSR count). The van der Waals surface area contributed by atoms with Gasteiger partial charge in [-0.3, -0.25) is 9.59 Å². The summed E-state index contributed by atoms with van der Waals surface area (Å²) in [6.07, 6.45) is 12.7. The number of allylic oxidation sites excluding steroid dienone is 6. The van der Waals surface area contributed by atoms with Crippen molar-refractivity contribution in [1.29, 1.82) is 0 Å². The monoisotopic (exact) mass is 392 g/mol. The maximum absolute atomic E-state index is 12.6. The molecule has 29 heavy (non-hydrogen) atoms. The fourth-order valence-electron chi connectivity index (χ4n) is 3.83. The molecule has 0 unspecified atom stereocenters. The lowest BCUT2D eigenvalue weighted by atomic mass is 9.76. The lowest BCUT2D eigenvalue weighted by Crippen LogP contribution is -2.22. The van der Waals surface area contributed by atoms with Gasteiger partial charge in [0.15, 0.2) is 11.6 Å². The number of benzene rings is 1. The van der Waals surface area contributed by atoms with Crippen molar-refractivity contribution in [3.8, 4) is 0 Å². The Bertz CT molecular complexity index is 804. The van der Waals surface area contributed by atoms with Gasteiger partial charge in [0.1, 0.15) is 0 Å². The van der Waals surface area contributed by atoms with Crippen LogP contribution in [0.2, 0.25) is 0 Å². The van der Waals surface area contributed by atoms with Gasteiger partial charge in [0, 0.05) is 12.8 Å². The molecule has 1 aromatic rings. The van der Waals surface area contributed by atoms with Gasteiger partial charge in [0.2, 0.25) is 0 Å². The second kappa shape index (κ2) is 10.0. The quantitative estimate of drug-likeness (QED) is 0.338. The van der Waals surface area contributed by atoms with E-state index >= 15 is 0 Å². The highest BCUT2D eigenvalue weighted by molar-refractivity contribution is 5.96. The van der Waals surface area contributed by atoms with E-state index in [2.05, 4.69) is 45.9 Å². The van der Waals surface area contributed by atoms with E-state index in [-0.39, 0.29) is 22.4 Å². The molecule has 0 fully saturated rings. The highest BCUT2D eigenvalue weighted by Crippen LogP contribution is 2.35. The summed E-state index contributed by atoms with van der Waals surface area (Å²) in [5, 5.41) is 0. The molecular weight excluding hydrogens is 356 g/mol. The van der Waals surface area contributed by atoms with E-state index in [1.807, 2.05) is 43.4 Å². The number of hydrogen-bond donors (Lipinski definition) is 0. The van der Waals surface area contributed by atoms with Gasteiger partial charge in [-0.1, -0.05) is 82.3 Å². The normalized spacial score (nSPS) is 17.3. The SMILES string of the molecule is CC(=CC=CCCC(=O)C1=CCCC(C)(C)C1)C(=O)CC(C)(C)c1ccccc1. The Kier molecular flexibility index (Phi) is 7.96. The van der Waals surface area contributed by atoms with Gasteiger partial charge in [-0.15, -0.1) is 0 Å². The summed E-state index contributed by atoms with van der Waals surface area (Å²) in [5.74, 6) is 0.429. The second-order valence-electron chi connectivity index (χ2n) is 9.70. The van der Waals surface area contributed by atoms with Crippen LogP contribution in [0.3, 0.4) is 0 Å². The van der Waals surface area contributed by atoms with Crippen molar-refractivity contribution in [1.82, 2.24) is 0 Å². The van der Waals surface area contributed by atoms with Crippen LogP contribution < -0.4 is 0 Å². The molecule has 0 aliphatic heterocycles. The average molecular weight is 393 g/mol. The summed E-state index contributed by atoms with van der Waals surface area (Å²) in [7, 11) is 0. The van der Waals surface area contributed by atoms with Gasteiger partial charge >= 0.3 is 0 Å². The first-order chi connectivity index (χ1) is 13.6. The van der Waals surface area contributed by atoms with Crippen LogP contribution in [-0.4, -0.2) is 11.6 Å². The van der Waals surface area contributed by atoms with Crippen molar-refractivity contribution < 1.29 is 9.59 Å². The van der Waals surface area contributed by atoms with Crippen molar-refractivity contribution in [3.05, 3.63) is 71.3 Å². The molecule has 0 saturated carbocycles. The molecular formula is C27H36O2. The van der Waals surface area contributed by atoms with Gasteiger partial charge in [0.25, 0.3) is 0 Å². The molecule has 0 heterocycles. The Morgan fingerprint density at radius 2 is 1.83 bits per heavy atom. The third-order valence-electron chi connectivity index (χ3n) is 5.86. The van der Waals surface area contributed by atoms with Crippen molar-refractivity contribution in [2.24, 2.45) is 5.41 Å². The smallest absolute Gasteiger partial charge is 0.159 e. The van der Waals surface area contributed by atoms with E-state index in [9.17, 15) is 9.59 Å². The number of Topliss-reactive ketones (excluding diaryl/α,β-unsaturated/α-hetero) is 2. The van der Waals surface area contributed by atoms with Crippen molar-refractivity contribution >= 4 is 11.6 Å². The molecule has 1 aromatic carbocycles. The summed E-state index contributed by atoms with van der Waals surface area (Å²) >= 11 is 0. The lowest BCUT2D eigenvalue weighted by molar-refractivity contribution is -0.117. The topological polar surface area (TPSA) is 34.1 Å². The second-order valence-corrected chi connectivity index (χ2v) is 9.70. The standard InChI is InChI=1S/C27H36O2/c1-21(25(29)20-27(4,5)23-15-9-7-10-16-23)13-8-6-11-17-24(28)22-14-12-18-26(2,3)19-22/h6-10,13-16H,11-12,17-20H2,1-5H3. The van der Waals surface area contributed by atoms with Crippen molar-refractivity contribution in [2.45, 2.75) is 78.6 Å². The van der Waals surface area contributed by atoms with E-state index in [0.717, 1.165) is 30.4 Å². The van der Waals surface area contributed by atoms with Gasteiger partial charge in [-0.2, -0.15) is 0 Å². The maximum atomic E-state index is 12.6. The van der Waals surface area contributed by atoms with Crippen LogP contribution in [0, 0.1) is 5.41 Å². The van der Waals surface area contributed by atoms with Gasteiger partial charge in [0.05, 0.1) is 0 Å². The minimum Gasteiger partial charge on any atom is -0.295 e. The van der Waals surface area contributed by atoms with E-state index in [0.29, 0.717) is 19.3 Å². The van der Waals surface area contributed by atoms with Crippen LogP contribution in [0.4, 0.5) is 0 Å². The maximum Gasteiger partial charge on any atom is 0.159 e. The highest BCUT2D eigenvalue weighted by Gasteiger charge is 2.26. The molecule has 0 amide bonds. The van der Waals surface area contributed by atoms with E-state index < -0.39 is 0 Å². The van der Waals surface area contributed by atoms with Crippen LogP contribution in [0.25, 0.3) is 0 Å². The first-order valence-corrected chi connectivity index (χ1v) is 10.8. The third-order valence-corrected chi connectivity index (χ3v) is 5.86. The number of rotatable bonds is 9. The summed E-state index contributed by atoms with van der Waals surface area (Å²) < 4.78 is 0. The minimum absolute atomic E-state index is 0.161. The predicted molar refractivity (Wildman–Crippen MR) is 122 cm³/mol. The van der Waals surface area contributed by atoms with E-state index in [1.165, 1.54) is 5.56 Å². The first-order valence-electron chi connectivity index (χ1n) is 10.8.